The zero-order chi connectivity index (χ0) is 15.8. The predicted molar refractivity (Wildman–Crippen MR) is 84.2 cm³/mol. The van der Waals surface area contributed by atoms with Crippen LogP contribution >= 0.6 is 0 Å². The van der Waals surface area contributed by atoms with Gasteiger partial charge in [0.05, 0.1) is 0 Å². The van der Waals surface area contributed by atoms with E-state index >= 15 is 0 Å². The lowest BCUT2D eigenvalue weighted by Crippen LogP contribution is -2.52. The van der Waals surface area contributed by atoms with Gasteiger partial charge in [-0.2, -0.15) is 0 Å². The van der Waals surface area contributed by atoms with Gasteiger partial charge in [0, 0.05) is 19.1 Å². The van der Waals surface area contributed by atoms with E-state index in [1.54, 1.807) is 6.92 Å². The predicted octanol–water partition coefficient (Wildman–Crippen LogP) is 1.49. The summed E-state index contributed by atoms with van der Waals surface area (Å²) in [5, 5.41) is 12.6. The molecule has 2 N–H and O–H groups in total. The number of carboxylic acid groups (broad SMARTS) is 1. The lowest BCUT2D eigenvalue weighted by molar-refractivity contribution is -0.144. The van der Waals surface area contributed by atoms with Gasteiger partial charge < -0.3 is 15.3 Å². The summed E-state index contributed by atoms with van der Waals surface area (Å²) in [6.45, 7) is 11.6. The quantitative estimate of drug-likeness (QED) is 0.603. The van der Waals surface area contributed by atoms with Crippen molar-refractivity contribution in [3.05, 3.63) is 0 Å². The van der Waals surface area contributed by atoms with Gasteiger partial charge in [-0.1, -0.05) is 13.8 Å². The maximum Gasteiger partial charge on any atom is 0.323 e. The first-order valence-corrected chi connectivity index (χ1v) is 7.64. The van der Waals surface area contributed by atoms with Crippen LogP contribution in [0.15, 0.2) is 0 Å². The molecule has 5 heteroatoms. The number of carbonyl (C=O) groups is 1. The molecule has 0 aliphatic carbocycles. The summed E-state index contributed by atoms with van der Waals surface area (Å²) in [7, 11) is 4.13. The molecule has 0 heterocycles. The summed E-state index contributed by atoms with van der Waals surface area (Å²) in [6.07, 6.45) is 1.56. The third-order valence-corrected chi connectivity index (χ3v) is 3.80. The number of carboxylic acids is 1. The molecule has 0 spiro atoms. The number of hydrogen-bond donors (Lipinski definition) is 2. The van der Waals surface area contributed by atoms with Gasteiger partial charge in [0.25, 0.3) is 0 Å². The molecular formula is C15H33N3O2. The minimum Gasteiger partial charge on any atom is -0.480 e. The van der Waals surface area contributed by atoms with E-state index in [0.29, 0.717) is 12.5 Å². The van der Waals surface area contributed by atoms with Crippen molar-refractivity contribution in [2.24, 2.45) is 0 Å². The Hall–Kier alpha value is -0.650. The van der Waals surface area contributed by atoms with Crippen LogP contribution in [0, 0.1) is 0 Å². The lowest BCUT2D eigenvalue weighted by atomic mass is 9.97. The normalized spacial score (nSPS) is 16.4. The Morgan fingerprint density at radius 3 is 2.35 bits per heavy atom. The van der Waals surface area contributed by atoms with Gasteiger partial charge >= 0.3 is 5.97 Å². The Morgan fingerprint density at radius 2 is 1.95 bits per heavy atom. The summed E-state index contributed by atoms with van der Waals surface area (Å²) >= 11 is 0. The Labute approximate surface area is 124 Å². The van der Waals surface area contributed by atoms with Gasteiger partial charge in [-0.25, -0.2) is 0 Å². The van der Waals surface area contributed by atoms with Crippen LogP contribution in [0.25, 0.3) is 0 Å². The van der Waals surface area contributed by atoms with E-state index in [2.05, 4.69) is 43.1 Å². The van der Waals surface area contributed by atoms with Crippen LogP contribution in [-0.2, 0) is 4.79 Å². The molecule has 5 nitrogen and oxygen atoms in total. The fraction of sp³-hybridized carbons (Fsp3) is 0.933. The van der Waals surface area contributed by atoms with E-state index in [-0.39, 0.29) is 0 Å². The molecule has 0 aromatic rings. The highest BCUT2D eigenvalue weighted by Crippen LogP contribution is 2.13. The molecule has 0 saturated heterocycles. The van der Waals surface area contributed by atoms with Crippen molar-refractivity contribution >= 4 is 5.97 Å². The first-order valence-electron chi connectivity index (χ1n) is 7.64. The van der Waals surface area contributed by atoms with Crippen LogP contribution in [-0.4, -0.2) is 72.7 Å². The molecule has 0 bridgehead atoms. The van der Waals surface area contributed by atoms with Crippen molar-refractivity contribution in [1.29, 1.82) is 0 Å². The highest BCUT2D eigenvalue weighted by Gasteiger charge is 2.32. The van der Waals surface area contributed by atoms with Gasteiger partial charge in [0.15, 0.2) is 0 Å². The fourth-order valence-corrected chi connectivity index (χ4v) is 2.37. The monoisotopic (exact) mass is 287 g/mol. The molecule has 0 aromatic heterocycles. The molecule has 0 fully saturated rings. The summed E-state index contributed by atoms with van der Waals surface area (Å²) in [5.74, 6) is -0.762. The molecule has 0 aliphatic rings. The topological polar surface area (TPSA) is 55.8 Å². The van der Waals surface area contributed by atoms with Gasteiger partial charge in [-0.05, 0) is 53.9 Å². The third kappa shape index (κ3) is 6.68. The van der Waals surface area contributed by atoms with Crippen molar-refractivity contribution in [3.8, 4) is 0 Å². The van der Waals surface area contributed by atoms with Gasteiger partial charge in [0.1, 0.15) is 5.54 Å². The van der Waals surface area contributed by atoms with Gasteiger partial charge in [-0.15, -0.1) is 0 Å². The first-order chi connectivity index (χ1) is 9.26. The molecule has 20 heavy (non-hydrogen) atoms. The standard InChI is InChI=1S/C15H33N3O2/c1-7-10-16-15(4,14(19)20)9-11-18(8-2)13(3)12-17(5)6/h13,16H,7-12H2,1-6H3,(H,19,20). The minimum atomic E-state index is -0.832. The van der Waals surface area contributed by atoms with Gasteiger partial charge in [-0.3, -0.25) is 9.69 Å². The highest BCUT2D eigenvalue weighted by atomic mass is 16.4. The van der Waals surface area contributed by atoms with Crippen LogP contribution in [0.1, 0.15) is 40.5 Å². The average molecular weight is 287 g/mol. The maximum absolute atomic E-state index is 11.5. The molecule has 0 amide bonds. The summed E-state index contributed by atoms with van der Waals surface area (Å²) in [6, 6.07) is 0.430. The molecular weight excluding hydrogens is 254 g/mol. The maximum atomic E-state index is 11.5. The molecule has 0 radical (unpaired) electrons. The summed E-state index contributed by atoms with van der Waals surface area (Å²) < 4.78 is 0. The number of rotatable bonds is 11. The molecule has 0 aromatic carbocycles. The molecule has 0 rings (SSSR count). The van der Waals surface area contributed by atoms with Crippen LogP contribution in [0.2, 0.25) is 0 Å². The second-order valence-corrected chi connectivity index (χ2v) is 6.05. The number of hydrogen-bond acceptors (Lipinski definition) is 4. The van der Waals surface area contributed by atoms with Crippen LogP contribution in [0.3, 0.4) is 0 Å². The van der Waals surface area contributed by atoms with E-state index < -0.39 is 11.5 Å². The van der Waals surface area contributed by atoms with Crippen molar-refractivity contribution in [3.63, 3.8) is 0 Å². The molecule has 2 atom stereocenters. The van der Waals surface area contributed by atoms with E-state index in [1.807, 2.05) is 6.92 Å². The number of nitrogens with one attached hydrogen (secondary N) is 1. The Morgan fingerprint density at radius 1 is 1.35 bits per heavy atom. The lowest BCUT2D eigenvalue weighted by Gasteiger charge is -2.33. The Bertz CT molecular complexity index is 284. The smallest absolute Gasteiger partial charge is 0.323 e. The molecule has 0 saturated carbocycles. The van der Waals surface area contributed by atoms with E-state index in [4.69, 9.17) is 0 Å². The van der Waals surface area contributed by atoms with E-state index in [1.165, 1.54) is 0 Å². The van der Waals surface area contributed by atoms with Crippen molar-refractivity contribution in [2.45, 2.75) is 52.1 Å². The summed E-state index contributed by atoms with van der Waals surface area (Å²) in [4.78, 5) is 16.0. The van der Waals surface area contributed by atoms with Crippen molar-refractivity contribution < 1.29 is 9.90 Å². The number of nitrogens with zero attached hydrogens (tertiary/aromatic N) is 2. The molecule has 0 aliphatic heterocycles. The van der Waals surface area contributed by atoms with Crippen molar-refractivity contribution in [1.82, 2.24) is 15.1 Å². The Kier molecular flexibility index (Phi) is 9.01. The SMILES string of the molecule is CCCNC(C)(CCN(CC)C(C)CN(C)C)C(=O)O. The molecule has 120 valence electrons. The third-order valence-electron chi connectivity index (χ3n) is 3.80. The largest absolute Gasteiger partial charge is 0.480 e. The average Bonchev–Trinajstić information content (AvgIpc) is 2.35. The fourth-order valence-electron chi connectivity index (χ4n) is 2.37. The van der Waals surface area contributed by atoms with Crippen LogP contribution < -0.4 is 5.32 Å². The van der Waals surface area contributed by atoms with E-state index in [0.717, 1.165) is 32.6 Å². The molecule has 2 unspecified atom stereocenters. The van der Waals surface area contributed by atoms with Crippen molar-refractivity contribution in [2.75, 3.05) is 40.3 Å². The minimum absolute atomic E-state index is 0.430. The Balaban J connectivity index is 4.53. The highest BCUT2D eigenvalue weighted by molar-refractivity contribution is 5.78. The second kappa shape index (κ2) is 9.32. The number of likely N-dealkylation sites (N-methyl/N-ethyl adjacent to an activating group) is 2. The van der Waals surface area contributed by atoms with Gasteiger partial charge in [0.2, 0.25) is 0 Å². The summed E-state index contributed by atoms with van der Waals surface area (Å²) in [5.41, 5.74) is -0.832. The zero-order valence-corrected chi connectivity index (χ0v) is 14.1. The van der Waals surface area contributed by atoms with E-state index in [9.17, 15) is 9.90 Å². The zero-order valence-electron chi connectivity index (χ0n) is 14.1. The second-order valence-electron chi connectivity index (χ2n) is 6.05. The number of aliphatic carboxylic acids is 1. The van der Waals surface area contributed by atoms with Crippen LogP contribution in [0.4, 0.5) is 0 Å². The van der Waals surface area contributed by atoms with Crippen LogP contribution in [0.5, 0.6) is 0 Å². The first kappa shape index (κ1) is 19.4.